The largest absolute Gasteiger partial charge is 0.365 e. The van der Waals surface area contributed by atoms with Crippen LogP contribution in [0.4, 0.5) is 8.78 Å². The second-order valence-corrected chi connectivity index (χ2v) is 3.98. The van der Waals surface area contributed by atoms with Crippen molar-refractivity contribution in [1.29, 1.82) is 0 Å². The maximum absolute atomic E-state index is 12.6. The quantitative estimate of drug-likeness (QED) is 0.844. The number of benzene rings is 1. The zero-order valence-electron chi connectivity index (χ0n) is 7.69. The number of nitrogens with one attached hydrogen (secondary N) is 1. The fourth-order valence-corrected chi connectivity index (χ4v) is 2.05. The molecule has 0 atom stereocenters. The van der Waals surface area contributed by atoms with Gasteiger partial charge in [0.1, 0.15) is 0 Å². The van der Waals surface area contributed by atoms with E-state index in [1.165, 1.54) is 18.2 Å². The Kier molecular flexibility index (Phi) is 2.99. The monoisotopic (exact) mass is 338 g/mol. The van der Waals surface area contributed by atoms with Gasteiger partial charge in [-0.05, 0) is 39.1 Å². The van der Waals surface area contributed by atoms with Crippen molar-refractivity contribution in [1.82, 2.24) is 20.2 Å². The highest BCUT2D eigenvalue weighted by Crippen LogP contribution is 2.27. The van der Waals surface area contributed by atoms with Crippen LogP contribution in [0.3, 0.4) is 0 Å². The van der Waals surface area contributed by atoms with Gasteiger partial charge < -0.3 is 0 Å². The number of aromatic amines is 1. The summed E-state index contributed by atoms with van der Waals surface area (Å²) in [5.41, 5.74) is -0.408. The summed E-state index contributed by atoms with van der Waals surface area (Å²) in [5.74, 6) is 0. The third-order valence-corrected chi connectivity index (χ3v) is 3.12. The van der Waals surface area contributed by atoms with Crippen molar-refractivity contribution < 1.29 is 8.78 Å². The number of tetrazole rings is 1. The number of H-pyrrole nitrogens is 1. The molecule has 0 fully saturated rings. The van der Waals surface area contributed by atoms with E-state index in [-0.39, 0.29) is 14.8 Å². The molecule has 0 aliphatic rings. The smallest absolute Gasteiger partial charge is 0.244 e. The van der Waals surface area contributed by atoms with Gasteiger partial charge in [-0.25, -0.2) is 18.7 Å². The standard InChI is InChI=1S/C8H5F2IN4O/c9-7(10)4-2-1-3-5(6(4)11)15-8(16)12-13-14-15/h1-3,7H,(H,12,14,16). The highest BCUT2D eigenvalue weighted by atomic mass is 127. The highest BCUT2D eigenvalue weighted by molar-refractivity contribution is 14.1. The lowest BCUT2D eigenvalue weighted by molar-refractivity contribution is 0.150. The lowest BCUT2D eigenvalue weighted by atomic mass is 10.2. The van der Waals surface area contributed by atoms with E-state index < -0.39 is 12.1 Å². The summed E-state index contributed by atoms with van der Waals surface area (Å²) < 4.78 is 26.4. The van der Waals surface area contributed by atoms with Crippen LogP contribution in [0.5, 0.6) is 0 Å². The summed E-state index contributed by atoms with van der Waals surface area (Å²) in [6, 6.07) is 4.28. The van der Waals surface area contributed by atoms with Crippen LogP contribution in [-0.2, 0) is 0 Å². The van der Waals surface area contributed by atoms with Gasteiger partial charge in [0.05, 0.1) is 5.69 Å². The van der Waals surface area contributed by atoms with Gasteiger partial charge in [0.2, 0.25) is 0 Å². The van der Waals surface area contributed by atoms with E-state index in [9.17, 15) is 13.6 Å². The minimum Gasteiger partial charge on any atom is -0.244 e. The lowest BCUT2D eigenvalue weighted by Gasteiger charge is -2.07. The predicted molar refractivity (Wildman–Crippen MR) is 59.7 cm³/mol. The first-order valence-electron chi connectivity index (χ1n) is 4.18. The molecule has 5 nitrogen and oxygen atoms in total. The van der Waals surface area contributed by atoms with Crippen molar-refractivity contribution in [3.05, 3.63) is 37.8 Å². The van der Waals surface area contributed by atoms with Crippen molar-refractivity contribution >= 4 is 22.6 Å². The molecule has 16 heavy (non-hydrogen) atoms. The third-order valence-electron chi connectivity index (χ3n) is 1.94. The van der Waals surface area contributed by atoms with Gasteiger partial charge in [0.25, 0.3) is 6.43 Å². The van der Waals surface area contributed by atoms with Crippen molar-refractivity contribution in [2.75, 3.05) is 0 Å². The average molecular weight is 338 g/mol. The van der Waals surface area contributed by atoms with E-state index in [0.29, 0.717) is 0 Å². The molecule has 0 aliphatic carbocycles. The first kappa shape index (κ1) is 11.2. The number of hydrogen-bond acceptors (Lipinski definition) is 3. The molecule has 0 aliphatic heterocycles. The van der Waals surface area contributed by atoms with Gasteiger partial charge in [0, 0.05) is 9.13 Å². The van der Waals surface area contributed by atoms with Gasteiger partial charge in [-0.2, -0.15) is 4.68 Å². The zero-order chi connectivity index (χ0) is 11.7. The van der Waals surface area contributed by atoms with Crippen molar-refractivity contribution in [2.24, 2.45) is 0 Å². The maximum Gasteiger partial charge on any atom is 0.365 e. The summed E-state index contributed by atoms with van der Waals surface area (Å²) in [7, 11) is 0. The molecule has 1 N–H and O–H groups in total. The normalized spacial score (nSPS) is 11.0. The molecule has 2 aromatic rings. The Morgan fingerprint density at radius 2 is 2.19 bits per heavy atom. The molecule has 0 saturated heterocycles. The Hall–Kier alpha value is -1.32. The Balaban J connectivity index is 2.63. The maximum atomic E-state index is 12.6. The number of alkyl halides is 2. The van der Waals surface area contributed by atoms with E-state index in [1.807, 2.05) is 0 Å². The molecule has 8 heteroatoms. The second-order valence-electron chi connectivity index (χ2n) is 2.90. The van der Waals surface area contributed by atoms with E-state index in [0.717, 1.165) is 4.68 Å². The summed E-state index contributed by atoms with van der Waals surface area (Å²) in [4.78, 5) is 11.2. The van der Waals surface area contributed by atoms with Crippen molar-refractivity contribution in [3.8, 4) is 5.69 Å². The van der Waals surface area contributed by atoms with Crippen LogP contribution in [0.25, 0.3) is 5.69 Å². The van der Waals surface area contributed by atoms with E-state index in [2.05, 4.69) is 15.5 Å². The van der Waals surface area contributed by atoms with E-state index >= 15 is 0 Å². The second kappa shape index (κ2) is 4.28. The van der Waals surface area contributed by atoms with Gasteiger partial charge in [0.15, 0.2) is 0 Å². The van der Waals surface area contributed by atoms with E-state index in [1.54, 1.807) is 22.6 Å². The molecular weight excluding hydrogens is 333 g/mol. The number of hydrogen-bond donors (Lipinski definition) is 1. The Labute approximate surface area is 102 Å². The van der Waals surface area contributed by atoms with Gasteiger partial charge in [-0.1, -0.05) is 12.1 Å². The molecular formula is C8H5F2IN4O. The van der Waals surface area contributed by atoms with E-state index in [4.69, 9.17) is 0 Å². The van der Waals surface area contributed by atoms with Gasteiger partial charge in [-0.3, -0.25) is 0 Å². The van der Waals surface area contributed by atoms with Crippen LogP contribution < -0.4 is 5.69 Å². The molecule has 0 unspecified atom stereocenters. The van der Waals surface area contributed by atoms with Crippen molar-refractivity contribution in [2.45, 2.75) is 6.43 Å². The van der Waals surface area contributed by atoms with Crippen LogP contribution in [0.15, 0.2) is 23.0 Å². The molecule has 0 amide bonds. The molecule has 84 valence electrons. The summed E-state index contributed by atoms with van der Waals surface area (Å²) in [5, 5.41) is 8.89. The topological polar surface area (TPSA) is 63.6 Å². The Morgan fingerprint density at radius 1 is 1.44 bits per heavy atom. The highest BCUT2D eigenvalue weighted by Gasteiger charge is 2.16. The summed E-state index contributed by atoms with van der Waals surface area (Å²) >= 11 is 1.75. The molecule has 0 bridgehead atoms. The number of aromatic nitrogens is 4. The molecule has 1 aromatic heterocycles. The fourth-order valence-electron chi connectivity index (χ4n) is 1.22. The molecule has 0 saturated carbocycles. The predicted octanol–water partition coefficient (Wildman–Crippen LogP) is 1.50. The summed E-state index contributed by atoms with van der Waals surface area (Å²) in [6.45, 7) is 0. The van der Waals surface area contributed by atoms with Crippen LogP contribution in [0.1, 0.15) is 12.0 Å². The van der Waals surface area contributed by atoms with Gasteiger partial charge >= 0.3 is 5.69 Å². The minimum atomic E-state index is -2.59. The average Bonchev–Trinajstić information content (AvgIpc) is 2.64. The SMILES string of the molecule is O=c1[nH]nnn1-c1cccc(C(F)F)c1I. The van der Waals surface area contributed by atoms with Crippen LogP contribution in [0.2, 0.25) is 0 Å². The lowest BCUT2D eigenvalue weighted by Crippen LogP contribution is -2.17. The van der Waals surface area contributed by atoms with Crippen LogP contribution >= 0.6 is 22.6 Å². The number of halogens is 3. The Morgan fingerprint density at radius 3 is 2.75 bits per heavy atom. The number of rotatable bonds is 2. The number of nitrogens with zero attached hydrogens (tertiary/aromatic N) is 3. The first-order chi connectivity index (χ1) is 7.61. The Bertz CT molecular complexity index is 565. The van der Waals surface area contributed by atoms with Gasteiger partial charge in [-0.15, -0.1) is 0 Å². The minimum absolute atomic E-state index is 0.131. The summed E-state index contributed by atoms with van der Waals surface area (Å²) in [6.07, 6.45) is -2.59. The van der Waals surface area contributed by atoms with Crippen LogP contribution in [-0.4, -0.2) is 20.2 Å². The van der Waals surface area contributed by atoms with Crippen molar-refractivity contribution in [3.63, 3.8) is 0 Å². The molecule has 1 aromatic carbocycles. The molecule has 0 radical (unpaired) electrons. The molecule has 2 rings (SSSR count). The third kappa shape index (κ3) is 1.84. The fraction of sp³-hybridized carbons (Fsp3) is 0.125. The first-order valence-corrected chi connectivity index (χ1v) is 5.26. The molecule has 1 heterocycles. The molecule has 0 spiro atoms. The zero-order valence-corrected chi connectivity index (χ0v) is 9.85. The van der Waals surface area contributed by atoms with Crippen LogP contribution in [0, 0.1) is 3.57 Å².